The van der Waals surface area contributed by atoms with E-state index in [1.54, 1.807) is 7.11 Å². The van der Waals surface area contributed by atoms with Gasteiger partial charge >= 0.3 is 0 Å². The molecule has 0 saturated carbocycles. The Hall–Kier alpha value is -0.630. The van der Waals surface area contributed by atoms with Gasteiger partial charge in [-0.25, -0.2) is 0 Å². The van der Waals surface area contributed by atoms with Gasteiger partial charge in [0.1, 0.15) is 0 Å². The first-order valence-corrected chi connectivity index (χ1v) is 3.56. The summed E-state index contributed by atoms with van der Waals surface area (Å²) in [5.41, 5.74) is -0.432. The molecule has 0 radical (unpaired) electrons. The smallest absolute Gasteiger partial charge is 0.153 e. The number of ether oxygens (including phenoxy) is 2. The molecule has 0 aliphatic carbocycles. The van der Waals surface area contributed by atoms with Crippen molar-refractivity contribution >= 4 is 0 Å². The fourth-order valence-electron chi connectivity index (χ4n) is 0.905. The van der Waals surface area contributed by atoms with Crippen molar-refractivity contribution in [2.75, 3.05) is 33.5 Å². The standard InChI is InChI=1S/C7H12N2O2/c1-10-3-2-9-7(4-8)5-11-6-7/h9H,2-3,5-6H2,1H3. The Bertz CT molecular complexity index is 160. The molecule has 1 N–H and O–H groups in total. The van der Waals surface area contributed by atoms with Gasteiger partial charge < -0.3 is 9.47 Å². The highest BCUT2D eigenvalue weighted by atomic mass is 16.5. The van der Waals surface area contributed by atoms with Gasteiger partial charge in [0, 0.05) is 13.7 Å². The van der Waals surface area contributed by atoms with E-state index >= 15 is 0 Å². The van der Waals surface area contributed by atoms with Crippen LogP contribution >= 0.6 is 0 Å². The number of hydrogen-bond acceptors (Lipinski definition) is 4. The highest BCUT2D eigenvalue weighted by Gasteiger charge is 2.37. The molecule has 1 aliphatic heterocycles. The summed E-state index contributed by atoms with van der Waals surface area (Å²) in [6, 6.07) is 2.18. The molecule has 1 heterocycles. The van der Waals surface area contributed by atoms with Crippen LogP contribution in [0.5, 0.6) is 0 Å². The van der Waals surface area contributed by atoms with Gasteiger partial charge in [-0.15, -0.1) is 0 Å². The summed E-state index contributed by atoms with van der Waals surface area (Å²) in [5.74, 6) is 0. The van der Waals surface area contributed by atoms with Crippen LogP contribution in [-0.4, -0.2) is 39.0 Å². The van der Waals surface area contributed by atoms with Gasteiger partial charge in [0.15, 0.2) is 5.54 Å². The first kappa shape index (κ1) is 8.47. The zero-order chi connectivity index (χ0) is 8.16. The number of nitriles is 1. The second-order valence-corrected chi connectivity index (χ2v) is 2.61. The Morgan fingerprint density at radius 2 is 2.45 bits per heavy atom. The molecule has 0 aromatic heterocycles. The van der Waals surface area contributed by atoms with E-state index in [2.05, 4.69) is 11.4 Å². The maximum absolute atomic E-state index is 8.70. The van der Waals surface area contributed by atoms with Gasteiger partial charge in [0.2, 0.25) is 0 Å². The van der Waals surface area contributed by atoms with Crippen LogP contribution in [0.1, 0.15) is 0 Å². The third-order valence-electron chi connectivity index (χ3n) is 1.68. The highest BCUT2D eigenvalue weighted by Crippen LogP contribution is 2.14. The minimum absolute atomic E-state index is 0.432. The van der Waals surface area contributed by atoms with Crippen LogP contribution in [0, 0.1) is 11.3 Å². The lowest BCUT2D eigenvalue weighted by molar-refractivity contribution is -0.0453. The Kier molecular flexibility index (Phi) is 2.83. The molecule has 1 saturated heterocycles. The second kappa shape index (κ2) is 3.67. The van der Waals surface area contributed by atoms with Crippen LogP contribution in [-0.2, 0) is 9.47 Å². The molecule has 0 aromatic rings. The van der Waals surface area contributed by atoms with Crippen LogP contribution in [0.25, 0.3) is 0 Å². The van der Waals surface area contributed by atoms with Gasteiger partial charge in [-0.2, -0.15) is 5.26 Å². The fraction of sp³-hybridized carbons (Fsp3) is 0.857. The van der Waals surface area contributed by atoms with Crippen LogP contribution < -0.4 is 5.32 Å². The van der Waals surface area contributed by atoms with Crippen molar-refractivity contribution in [1.82, 2.24) is 5.32 Å². The van der Waals surface area contributed by atoms with E-state index in [1.165, 1.54) is 0 Å². The van der Waals surface area contributed by atoms with E-state index in [0.29, 0.717) is 26.4 Å². The van der Waals surface area contributed by atoms with Crippen molar-refractivity contribution in [2.24, 2.45) is 0 Å². The average molecular weight is 156 g/mol. The van der Waals surface area contributed by atoms with E-state index in [9.17, 15) is 0 Å². The van der Waals surface area contributed by atoms with E-state index in [-0.39, 0.29) is 0 Å². The third-order valence-corrected chi connectivity index (χ3v) is 1.68. The topological polar surface area (TPSA) is 54.3 Å². The molecule has 0 bridgehead atoms. The molecule has 0 atom stereocenters. The third kappa shape index (κ3) is 1.90. The summed E-state index contributed by atoms with van der Waals surface area (Å²) < 4.78 is 9.77. The zero-order valence-corrected chi connectivity index (χ0v) is 6.59. The molecule has 1 fully saturated rings. The summed E-state index contributed by atoms with van der Waals surface area (Å²) >= 11 is 0. The maximum atomic E-state index is 8.70. The van der Waals surface area contributed by atoms with E-state index in [1.807, 2.05) is 0 Å². The SMILES string of the molecule is COCCNC1(C#N)COC1. The molecule has 1 aliphatic rings. The Morgan fingerprint density at radius 1 is 1.73 bits per heavy atom. The van der Waals surface area contributed by atoms with Crippen molar-refractivity contribution in [3.8, 4) is 6.07 Å². The Morgan fingerprint density at radius 3 is 2.82 bits per heavy atom. The Labute approximate surface area is 66.1 Å². The molecule has 0 amide bonds. The predicted molar refractivity (Wildman–Crippen MR) is 39.0 cm³/mol. The molecule has 0 aromatic carbocycles. The minimum atomic E-state index is -0.432. The quantitative estimate of drug-likeness (QED) is 0.558. The largest absolute Gasteiger partial charge is 0.383 e. The van der Waals surface area contributed by atoms with Crippen LogP contribution in [0.15, 0.2) is 0 Å². The van der Waals surface area contributed by atoms with Gasteiger partial charge in [0.05, 0.1) is 25.9 Å². The number of methoxy groups -OCH3 is 1. The molecular formula is C7H12N2O2. The Balaban J connectivity index is 2.18. The van der Waals surface area contributed by atoms with Gasteiger partial charge in [-0.05, 0) is 0 Å². The number of rotatable bonds is 4. The first-order valence-electron chi connectivity index (χ1n) is 3.56. The summed E-state index contributed by atoms with van der Waals surface area (Å²) in [5, 5.41) is 11.8. The van der Waals surface area contributed by atoms with Crippen molar-refractivity contribution in [3.05, 3.63) is 0 Å². The van der Waals surface area contributed by atoms with Crippen LogP contribution in [0.2, 0.25) is 0 Å². The number of nitrogens with one attached hydrogen (secondary N) is 1. The fourth-order valence-corrected chi connectivity index (χ4v) is 0.905. The molecule has 62 valence electrons. The summed E-state index contributed by atoms with van der Waals surface area (Å²) in [6.07, 6.45) is 0. The summed E-state index contributed by atoms with van der Waals surface area (Å²) in [6.45, 7) is 2.32. The summed E-state index contributed by atoms with van der Waals surface area (Å²) in [4.78, 5) is 0. The minimum Gasteiger partial charge on any atom is -0.383 e. The van der Waals surface area contributed by atoms with Crippen molar-refractivity contribution < 1.29 is 9.47 Å². The molecule has 1 rings (SSSR count). The predicted octanol–water partition coefficient (Wildman–Crippen LogP) is -0.485. The molecular weight excluding hydrogens is 144 g/mol. The lowest BCUT2D eigenvalue weighted by atomic mass is 10.0. The van der Waals surface area contributed by atoms with Gasteiger partial charge in [-0.1, -0.05) is 0 Å². The van der Waals surface area contributed by atoms with Crippen LogP contribution in [0.3, 0.4) is 0 Å². The number of hydrogen-bond donors (Lipinski definition) is 1. The van der Waals surface area contributed by atoms with E-state index < -0.39 is 5.54 Å². The van der Waals surface area contributed by atoms with Crippen molar-refractivity contribution in [2.45, 2.75) is 5.54 Å². The monoisotopic (exact) mass is 156 g/mol. The molecule has 0 unspecified atom stereocenters. The molecule has 4 heteroatoms. The lowest BCUT2D eigenvalue weighted by Gasteiger charge is -2.35. The lowest BCUT2D eigenvalue weighted by Crippen LogP contribution is -2.60. The van der Waals surface area contributed by atoms with Crippen molar-refractivity contribution in [1.29, 1.82) is 5.26 Å². The van der Waals surface area contributed by atoms with Gasteiger partial charge in [-0.3, -0.25) is 5.32 Å². The van der Waals surface area contributed by atoms with Crippen molar-refractivity contribution in [3.63, 3.8) is 0 Å². The molecule has 0 spiro atoms. The zero-order valence-electron chi connectivity index (χ0n) is 6.59. The maximum Gasteiger partial charge on any atom is 0.153 e. The van der Waals surface area contributed by atoms with Crippen LogP contribution in [0.4, 0.5) is 0 Å². The average Bonchev–Trinajstić information content (AvgIpc) is 1.95. The van der Waals surface area contributed by atoms with Gasteiger partial charge in [0.25, 0.3) is 0 Å². The molecule has 11 heavy (non-hydrogen) atoms. The second-order valence-electron chi connectivity index (χ2n) is 2.61. The first-order chi connectivity index (χ1) is 5.33. The van der Waals surface area contributed by atoms with E-state index in [0.717, 1.165) is 0 Å². The number of nitrogens with zero attached hydrogens (tertiary/aromatic N) is 1. The normalized spacial score (nSPS) is 20.4. The molecule has 4 nitrogen and oxygen atoms in total. The van der Waals surface area contributed by atoms with E-state index in [4.69, 9.17) is 14.7 Å². The highest BCUT2D eigenvalue weighted by molar-refractivity contribution is 5.11. The summed E-state index contributed by atoms with van der Waals surface area (Å²) in [7, 11) is 1.64.